The Labute approximate surface area is 139 Å². The van der Waals surface area contributed by atoms with Gasteiger partial charge in [-0.15, -0.1) is 0 Å². The van der Waals surface area contributed by atoms with Crippen LogP contribution in [0.3, 0.4) is 0 Å². The molecule has 0 fully saturated rings. The quantitative estimate of drug-likeness (QED) is 0.710. The van der Waals surface area contributed by atoms with Crippen molar-refractivity contribution >= 4 is 22.7 Å². The largest absolute Gasteiger partial charge is 0.379 e. The normalized spacial score (nSPS) is 11.0. The number of hydrogen-bond donors (Lipinski definition) is 2. The summed E-state index contributed by atoms with van der Waals surface area (Å²) in [5.74, 6) is -0.409. The smallest absolute Gasteiger partial charge is 0.280 e. The van der Waals surface area contributed by atoms with E-state index >= 15 is 0 Å². The van der Waals surface area contributed by atoms with Gasteiger partial charge in [0.25, 0.3) is 11.5 Å². The van der Waals surface area contributed by atoms with E-state index in [-0.39, 0.29) is 30.5 Å². The first-order valence-electron chi connectivity index (χ1n) is 7.86. The van der Waals surface area contributed by atoms with Gasteiger partial charge in [-0.1, -0.05) is 26.0 Å². The number of carbonyl (C=O) groups excluding carboxylic acids is 2. The van der Waals surface area contributed by atoms with Gasteiger partial charge in [0, 0.05) is 18.9 Å². The van der Waals surface area contributed by atoms with Crippen molar-refractivity contribution in [3.8, 4) is 0 Å². The zero-order chi connectivity index (χ0) is 17.5. The number of Topliss-reactive ketones (excluding diaryl/α,β-unsaturated/α-hetero) is 1. The number of nitrogens with one attached hydrogen (secondary N) is 2. The molecule has 0 atom stereocenters. The summed E-state index contributed by atoms with van der Waals surface area (Å²) in [4.78, 5) is 42.1. The number of aromatic amines is 1. The van der Waals surface area contributed by atoms with Crippen LogP contribution in [0.15, 0.2) is 29.1 Å². The van der Waals surface area contributed by atoms with E-state index in [1.54, 1.807) is 24.3 Å². The lowest BCUT2D eigenvalue weighted by atomic mass is 10.1. The van der Waals surface area contributed by atoms with Crippen molar-refractivity contribution < 1.29 is 14.3 Å². The highest BCUT2D eigenvalue weighted by Crippen LogP contribution is 2.05. The lowest BCUT2D eigenvalue weighted by Gasteiger charge is -2.07. The van der Waals surface area contributed by atoms with Gasteiger partial charge in [0.2, 0.25) is 0 Å². The van der Waals surface area contributed by atoms with Crippen LogP contribution in [0.5, 0.6) is 0 Å². The van der Waals surface area contributed by atoms with Crippen molar-refractivity contribution in [3.63, 3.8) is 0 Å². The molecule has 2 rings (SSSR count). The van der Waals surface area contributed by atoms with Crippen LogP contribution in [0.4, 0.5) is 0 Å². The average molecular weight is 331 g/mol. The van der Waals surface area contributed by atoms with Crippen molar-refractivity contribution in [2.75, 3.05) is 19.8 Å². The molecule has 0 aliphatic carbocycles. The van der Waals surface area contributed by atoms with Crippen LogP contribution in [0.2, 0.25) is 0 Å². The van der Waals surface area contributed by atoms with Gasteiger partial charge in [0.15, 0.2) is 5.69 Å². The van der Waals surface area contributed by atoms with E-state index in [0.29, 0.717) is 24.1 Å². The number of aromatic nitrogens is 2. The molecule has 7 nitrogen and oxygen atoms in total. The number of fused-ring (bicyclic) bond motifs is 1. The van der Waals surface area contributed by atoms with Gasteiger partial charge in [-0.2, -0.15) is 0 Å². The van der Waals surface area contributed by atoms with Crippen LogP contribution in [-0.2, 0) is 9.53 Å². The van der Waals surface area contributed by atoms with E-state index in [9.17, 15) is 14.4 Å². The van der Waals surface area contributed by atoms with Crippen molar-refractivity contribution in [1.29, 1.82) is 0 Å². The summed E-state index contributed by atoms with van der Waals surface area (Å²) < 4.78 is 5.30. The molecule has 1 heterocycles. The third-order valence-electron chi connectivity index (χ3n) is 3.48. The number of ketones is 1. The monoisotopic (exact) mass is 331 g/mol. The van der Waals surface area contributed by atoms with Gasteiger partial charge < -0.3 is 15.0 Å². The Bertz CT molecular complexity index is 783. The molecule has 128 valence electrons. The molecule has 0 saturated heterocycles. The predicted molar refractivity (Wildman–Crippen MR) is 90.0 cm³/mol. The Morgan fingerprint density at radius 3 is 2.75 bits per heavy atom. The molecule has 1 aromatic carbocycles. The molecule has 0 aliphatic rings. The summed E-state index contributed by atoms with van der Waals surface area (Å²) in [7, 11) is 0. The molecule has 0 unspecified atom stereocenters. The number of carbonyl (C=O) groups is 2. The Hall–Kier alpha value is -2.54. The van der Waals surface area contributed by atoms with Crippen LogP contribution in [0.25, 0.3) is 11.0 Å². The van der Waals surface area contributed by atoms with Gasteiger partial charge in [-0.25, -0.2) is 4.98 Å². The van der Waals surface area contributed by atoms with Crippen LogP contribution >= 0.6 is 0 Å². The van der Waals surface area contributed by atoms with Gasteiger partial charge in [-0.05, 0) is 12.1 Å². The van der Waals surface area contributed by atoms with Gasteiger partial charge in [0.05, 0.1) is 24.2 Å². The van der Waals surface area contributed by atoms with E-state index in [1.165, 1.54) is 0 Å². The zero-order valence-corrected chi connectivity index (χ0v) is 13.8. The minimum absolute atomic E-state index is 0.000920. The fourth-order valence-corrected chi connectivity index (χ4v) is 2.07. The predicted octanol–water partition coefficient (Wildman–Crippen LogP) is 1.28. The highest BCUT2D eigenvalue weighted by molar-refractivity contribution is 5.93. The summed E-state index contributed by atoms with van der Waals surface area (Å²) >= 11 is 0. The number of H-pyrrole nitrogens is 1. The molecule has 7 heteroatoms. The van der Waals surface area contributed by atoms with Crippen molar-refractivity contribution in [2.24, 2.45) is 5.92 Å². The number of nitrogens with zero attached hydrogens (tertiary/aromatic N) is 1. The molecule has 0 radical (unpaired) electrons. The van der Waals surface area contributed by atoms with Crippen molar-refractivity contribution in [2.45, 2.75) is 20.3 Å². The summed E-state index contributed by atoms with van der Waals surface area (Å²) in [5.41, 5.74) is 0.418. The van der Waals surface area contributed by atoms with E-state index in [1.807, 2.05) is 13.8 Å². The lowest BCUT2D eigenvalue weighted by Crippen LogP contribution is -2.33. The topological polar surface area (TPSA) is 101 Å². The number of ether oxygens (including phenoxy) is 1. The number of benzene rings is 1. The standard InChI is InChI=1S/C17H21N3O4/c1-11(2)14(21)7-9-24-10-8-18-16(22)15-17(23)20-13-6-4-3-5-12(13)19-15/h3-6,11H,7-10H2,1-2H3,(H,18,22)(H,20,23). The molecule has 2 aromatic rings. The maximum absolute atomic E-state index is 12.0. The maximum Gasteiger partial charge on any atom is 0.280 e. The minimum Gasteiger partial charge on any atom is -0.379 e. The van der Waals surface area contributed by atoms with E-state index in [2.05, 4.69) is 15.3 Å². The molecule has 0 aliphatic heterocycles. The Kier molecular flexibility index (Phi) is 6.20. The molecule has 2 N–H and O–H groups in total. The molecule has 0 spiro atoms. The second kappa shape index (κ2) is 8.35. The second-order valence-electron chi connectivity index (χ2n) is 5.67. The molecule has 24 heavy (non-hydrogen) atoms. The minimum atomic E-state index is -0.552. The third kappa shape index (κ3) is 4.73. The highest BCUT2D eigenvalue weighted by Gasteiger charge is 2.13. The highest BCUT2D eigenvalue weighted by atomic mass is 16.5. The Balaban J connectivity index is 1.82. The second-order valence-corrected chi connectivity index (χ2v) is 5.67. The molecule has 0 saturated carbocycles. The first-order valence-corrected chi connectivity index (χ1v) is 7.86. The van der Waals surface area contributed by atoms with Crippen molar-refractivity contribution in [3.05, 3.63) is 40.3 Å². The van der Waals surface area contributed by atoms with Gasteiger partial charge in [0.1, 0.15) is 5.78 Å². The molecular weight excluding hydrogens is 310 g/mol. The number of amides is 1. The maximum atomic E-state index is 12.0. The molecule has 0 bridgehead atoms. The van der Waals surface area contributed by atoms with Crippen LogP contribution in [0, 0.1) is 5.92 Å². The van der Waals surface area contributed by atoms with Gasteiger partial charge >= 0.3 is 0 Å². The van der Waals surface area contributed by atoms with E-state index in [0.717, 1.165) is 0 Å². The average Bonchev–Trinajstić information content (AvgIpc) is 2.56. The van der Waals surface area contributed by atoms with Crippen LogP contribution in [-0.4, -0.2) is 41.4 Å². The number of para-hydroxylation sites is 2. The molecular formula is C17H21N3O4. The summed E-state index contributed by atoms with van der Waals surface area (Å²) in [6.07, 6.45) is 0.359. The van der Waals surface area contributed by atoms with Crippen LogP contribution in [0.1, 0.15) is 30.8 Å². The Morgan fingerprint density at radius 1 is 1.25 bits per heavy atom. The molecule has 1 aromatic heterocycles. The first-order chi connectivity index (χ1) is 11.5. The first kappa shape index (κ1) is 17.8. The fraction of sp³-hybridized carbons (Fsp3) is 0.412. The lowest BCUT2D eigenvalue weighted by molar-refractivity contribution is -0.122. The summed E-state index contributed by atoms with van der Waals surface area (Å²) in [6, 6.07) is 7.00. The fourth-order valence-electron chi connectivity index (χ4n) is 2.07. The van der Waals surface area contributed by atoms with Gasteiger partial charge in [-0.3, -0.25) is 14.4 Å². The number of rotatable bonds is 8. The number of hydrogen-bond acceptors (Lipinski definition) is 5. The summed E-state index contributed by atoms with van der Waals surface area (Å²) in [6.45, 7) is 4.51. The zero-order valence-electron chi connectivity index (χ0n) is 13.8. The van der Waals surface area contributed by atoms with E-state index < -0.39 is 11.5 Å². The van der Waals surface area contributed by atoms with E-state index in [4.69, 9.17) is 4.74 Å². The van der Waals surface area contributed by atoms with Crippen LogP contribution < -0.4 is 10.9 Å². The SMILES string of the molecule is CC(C)C(=O)CCOCCNC(=O)c1nc2ccccc2[nH]c1=O. The summed E-state index contributed by atoms with van der Waals surface area (Å²) in [5, 5.41) is 2.58. The third-order valence-corrected chi connectivity index (χ3v) is 3.48. The Morgan fingerprint density at radius 2 is 2.00 bits per heavy atom. The van der Waals surface area contributed by atoms with Crippen molar-refractivity contribution in [1.82, 2.24) is 15.3 Å². The molecule has 1 amide bonds.